The fourth-order valence-corrected chi connectivity index (χ4v) is 3.30. The number of aryl methyl sites for hydroxylation is 1. The monoisotopic (exact) mass is 359 g/mol. The number of halogens is 2. The van der Waals surface area contributed by atoms with Gasteiger partial charge in [0.2, 0.25) is 5.91 Å². The van der Waals surface area contributed by atoms with E-state index >= 15 is 0 Å². The van der Waals surface area contributed by atoms with Crippen molar-refractivity contribution in [3.05, 3.63) is 65.5 Å². The quantitative estimate of drug-likeness (QED) is 0.823. The number of rotatable bonds is 5. The topological polar surface area (TPSA) is 36.4 Å². The van der Waals surface area contributed by atoms with E-state index in [0.717, 1.165) is 37.0 Å². The van der Waals surface area contributed by atoms with Crippen LogP contribution in [0.5, 0.6) is 0 Å². The molecule has 1 aliphatic rings. The Morgan fingerprint density at radius 3 is 2.62 bits per heavy atom. The molecule has 1 aliphatic heterocycles. The van der Waals surface area contributed by atoms with Crippen LogP contribution < -0.4 is 0 Å². The molecular weight excluding hydrogens is 336 g/mol. The van der Waals surface area contributed by atoms with Gasteiger partial charge in [-0.2, -0.15) is 0 Å². The van der Waals surface area contributed by atoms with E-state index < -0.39 is 11.6 Å². The minimum atomic E-state index is -0.481. The number of hydrogen-bond donors (Lipinski definition) is 0. The van der Waals surface area contributed by atoms with Gasteiger partial charge in [0, 0.05) is 44.8 Å². The predicted molar refractivity (Wildman–Crippen MR) is 95.5 cm³/mol. The van der Waals surface area contributed by atoms with Gasteiger partial charge >= 0.3 is 0 Å². The van der Waals surface area contributed by atoms with Crippen molar-refractivity contribution in [1.29, 1.82) is 0 Å². The lowest BCUT2D eigenvalue weighted by atomic mass is 10.1. The van der Waals surface area contributed by atoms with Crippen molar-refractivity contribution in [2.24, 2.45) is 0 Å². The number of carbonyl (C=O) groups excluding carboxylic acids is 1. The van der Waals surface area contributed by atoms with Gasteiger partial charge < -0.3 is 4.90 Å². The van der Waals surface area contributed by atoms with Gasteiger partial charge in [-0.3, -0.25) is 14.7 Å². The summed E-state index contributed by atoms with van der Waals surface area (Å²) in [6, 6.07) is 9.44. The van der Waals surface area contributed by atoms with Crippen LogP contribution in [-0.2, 0) is 11.2 Å². The van der Waals surface area contributed by atoms with E-state index in [1.165, 1.54) is 0 Å². The van der Waals surface area contributed by atoms with Crippen molar-refractivity contribution in [2.75, 3.05) is 26.2 Å². The predicted octanol–water partition coefficient (Wildman–Crippen LogP) is 3.20. The Morgan fingerprint density at radius 2 is 1.92 bits per heavy atom. The van der Waals surface area contributed by atoms with Crippen LogP contribution >= 0.6 is 0 Å². The van der Waals surface area contributed by atoms with Gasteiger partial charge in [-0.25, -0.2) is 8.78 Å². The van der Waals surface area contributed by atoms with Gasteiger partial charge in [0.25, 0.3) is 0 Å². The third kappa shape index (κ3) is 4.43. The fourth-order valence-electron chi connectivity index (χ4n) is 3.30. The van der Waals surface area contributed by atoms with Crippen molar-refractivity contribution in [3.63, 3.8) is 0 Å². The first-order chi connectivity index (χ1) is 12.5. The maximum atomic E-state index is 13.7. The summed E-state index contributed by atoms with van der Waals surface area (Å²) in [6.07, 6.45) is 2.19. The standard InChI is InChI=1S/C20H23F2N3O/c1-15(19-4-2-3-9-23-19)24-10-12-25(13-11-24)20(26)8-5-16-14-17(21)6-7-18(16)22/h2-4,6-7,9,14-15H,5,8,10-13H2,1H3/t15-/m1/s1. The molecule has 1 aromatic heterocycles. The zero-order valence-electron chi connectivity index (χ0n) is 14.9. The summed E-state index contributed by atoms with van der Waals surface area (Å²) in [5, 5.41) is 0. The van der Waals surface area contributed by atoms with Crippen molar-refractivity contribution in [2.45, 2.75) is 25.8 Å². The molecule has 1 atom stereocenters. The van der Waals surface area contributed by atoms with Crippen LogP contribution in [0.3, 0.4) is 0 Å². The Balaban J connectivity index is 1.50. The number of amides is 1. The second-order valence-corrected chi connectivity index (χ2v) is 6.58. The molecule has 0 bridgehead atoms. The lowest BCUT2D eigenvalue weighted by Crippen LogP contribution is -2.49. The van der Waals surface area contributed by atoms with E-state index in [4.69, 9.17) is 0 Å². The number of benzene rings is 1. The van der Waals surface area contributed by atoms with Crippen molar-refractivity contribution >= 4 is 5.91 Å². The maximum Gasteiger partial charge on any atom is 0.222 e. The van der Waals surface area contributed by atoms with Crippen molar-refractivity contribution in [3.8, 4) is 0 Å². The third-order valence-electron chi connectivity index (χ3n) is 4.95. The highest BCUT2D eigenvalue weighted by molar-refractivity contribution is 5.76. The molecule has 1 fully saturated rings. The number of carbonyl (C=O) groups is 1. The highest BCUT2D eigenvalue weighted by Gasteiger charge is 2.25. The largest absolute Gasteiger partial charge is 0.340 e. The molecule has 1 aromatic carbocycles. The average Bonchev–Trinajstić information content (AvgIpc) is 2.68. The van der Waals surface area contributed by atoms with E-state index in [9.17, 15) is 13.6 Å². The summed E-state index contributed by atoms with van der Waals surface area (Å²) in [4.78, 5) is 20.9. The van der Waals surface area contributed by atoms with Crippen LogP contribution in [-0.4, -0.2) is 46.9 Å². The molecule has 2 aromatic rings. The first kappa shape index (κ1) is 18.5. The molecule has 138 valence electrons. The minimum Gasteiger partial charge on any atom is -0.340 e. The molecule has 1 saturated heterocycles. The summed E-state index contributed by atoms with van der Waals surface area (Å²) in [6.45, 7) is 4.95. The van der Waals surface area contributed by atoms with Gasteiger partial charge in [-0.1, -0.05) is 6.07 Å². The SMILES string of the molecule is C[C@H](c1ccccn1)N1CCN(C(=O)CCc2cc(F)ccc2F)CC1. The molecule has 0 aliphatic carbocycles. The first-order valence-electron chi connectivity index (χ1n) is 8.91. The van der Waals surface area contributed by atoms with Crippen LogP contribution in [0.1, 0.15) is 30.6 Å². The maximum absolute atomic E-state index is 13.7. The van der Waals surface area contributed by atoms with Crippen LogP contribution in [0, 0.1) is 11.6 Å². The highest BCUT2D eigenvalue weighted by atomic mass is 19.1. The molecule has 0 radical (unpaired) electrons. The van der Waals surface area contributed by atoms with Crippen molar-refractivity contribution in [1.82, 2.24) is 14.8 Å². The van der Waals surface area contributed by atoms with Crippen LogP contribution in [0.2, 0.25) is 0 Å². The van der Waals surface area contributed by atoms with Gasteiger partial charge in [0.15, 0.2) is 0 Å². The lowest BCUT2D eigenvalue weighted by Gasteiger charge is -2.38. The van der Waals surface area contributed by atoms with Gasteiger partial charge in [0.1, 0.15) is 11.6 Å². The molecular formula is C20H23F2N3O. The zero-order chi connectivity index (χ0) is 18.5. The lowest BCUT2D eigenvalue weighted by molar-refractivity contribution is -0.133. The summed E-state index contributed by atoms with van der Waals surface area (Å²) in [5.74, 6) is -0.960. The van der Waals surface area contributed by atoms with Crippen molar-refractivity contribution < 1.29 is 13.6 Å². The zero-order valence-corrected chi connectivity index (χ0v) is 14.9. The summed E-state index contributed by atoms with van der Waals surface area (Å²) in [7, 11) is 0. The molecule has 2 heterocycles. The number of hydrogen-bond acceptors (Lipinski definition) is 3. The fraction of sp³-hybridized carbons (Fsp3) is 0.400. The number of pyridine rings is 1. The van der Waals surface area contributed by atoms with E-state index in [0.29, 0.717) is 13.1 Å². The molecule has 0 N–H and O–H groups in total. The Hall–Kier alpha value is -2.34. The molecule has 0 saturated carbocycles. The van der Waals surface area contributed by atoms with Crippen LogP contribution in [0.4, 0.5) is 8.78 Å². The molecule has 6 heteroatoms. The molecule has 3 rings (SSSR count). The summed E-state index contributed by atoms with van der Waals surface area (Å²) >= 11 is 0. The highest BCUT2D eigenvalue weighted by Crippen LogP contribution is 2.20. The summed E-state index contributed by atoms with van der Waals surface area (Å²) in [5.41, 5.74) is 1.27. The smallest absolute Gasteiger partial charge is 0.222 e. The first-order valence-corrected chi connectivity index (χ1v) is 8.91. The number of aromatic nitrogens is 1. The molecule has 26 heavy (non-hydrogen) atoms. The minimum absolute atomic E-state index is 0.0150. The number of piperazine rings is 1. The van der Waals surface area contributed by atoms with Gasteiger partial charge in [-0.15, -0.1) is 0 Å². The number of nitrogens with zero attached hydrogens (tertiary/aromatic N) is 3. The van der Waals surface area contributed by atoms with Crippen LogP contribution in [0.15, 0.2) is 42.6 Å². The normalized spacial score (nSPS) is 16.5. The van der Waals surface area contributed by atoms with Gasteiger partial charge in [0.05, 0.1) is 5.69 Å². The van der Waals surface area contributed by atoms with E-state index in [1.54, 1.807) is 11.1 Å². The van der Waals surface area contributed by atoms with Crippen LogP contribution in [0.25, 0.3) is 0 Å². The third-order valence-corrected chi connectivity index (χ3v) is 4.95. The molecule has 0 spiro atoms. The second kappa shape index (κ2) is 8.36. The van der Waals surface area contributed by atoms with E-state index in [2.05, 4.69) is 16.8 Å². The second-order valence-electron chi connectivity index (χ2n) is 6.58. The van der Waals surface area contributed by atoms with E-state index in [1.807, 2.05) is 18.2 Å². The Bertz CT molecular complexity index is 746. The molecule has 0 unspecified atom stereocenters. The van der Waals surface area contributed by atoms with E-state index in [-0.39, 0.29) is 30.4 Å². The molecule has 4 nitrogen and oxygen atoms in total. The Morgan fingerprint density at radius 1 is 1.15 bits per heavy atom. The summed E-state index contributed by atoms with van der Waals surface area (Å²) < 4.78 is 26.9. The molecule has 1 amide bonds. The average molecular weight is 359 g/mol. The van der Waals surface area contributed by atoms with Gasteiger partial charge in [-0.05, 0) is 49.2 Å². The Labute approximate surface area is 152 Å². The Kier molecular flexibility index (Phi) is 5.93.